The number of rotatable bonds is 3. The Kier molecular flexibility index (Phi) is 4.98. The lowest BCUT2D eigenvalue weighted by Crippen LogP contribution is -2.44. The highest BCUT2D eigenvalue weighted by Crippen LogP contribution is 2.42. The monoisotopic (exact) mass is 397 g/mol. The van der Waals surface area contributed by atoms with Crippen molar-refractivity contribution in [2.24, 2.45) is 11.7 Å². The Morgan fingerprint density at radius 1 is 1.26 bits per heavy atom. The molecule has 0 aromatic carbocycles. The highest BCUT2D eigenvalue weighted by Gasteiger charge is 2.34. The number of nitrogen functional groups attached to an aromatic ring is 1. The zero-order chi connectivity index (χ0) is 18.7. The summed E-state index contributed by atoms with van der Waals surface area (Å²) in [6, 6.07) is 0.0397. The minimum Gasteiger partial charge on any atom is -0.368 e. The van der Waals surface area contributed by atoms with Crippen LogP contribution in [0, 0.1) is 18.7 Å². The van der Waals surface area contributed by atoms with Gasteiger partial charge in [-0.1, -0.05) is 0 Å². The number of aryl methyl sites for hydroxylation is 1. The van der Waals surface area contributed by atoms with Gasteiger partial charge in [0, 0.05) is 30.3 Å². The van der Waals surface area contributed by atoms with E-state index in [1.54, 1.807) is 6.92 Å². The minimum atomic E-state index is -0.724. The zero-order valence-corrected chi connectivity index (χ0v) is 16.3. The van der Waals surface area contributed by atoms with Crippen LogP contribution in [0.1, 0.15) is 43.2 Å². The van der Waals surface area contributed by atoms with Crippen molar-refractivity contribution in [3.05, 3.63) is 44.0 Å². The molecule has 4 rings (SSSR count). The van der Waals surface area contributed by atoms with Gasteiger partial charge in [-0.25, -0.2) is 9.18 Å². The van der Waals surface area contributed by atoms with Crippen molar-refractivity contribution < 1.29 is 4.39 Å². The number of aromatic nitrogens is 2. The van der Waals surface area contributed by atoms with Crippen LogP contribution < -0.4 is 27.7 Å². The molecule has 1 aliphatic carbocycles. The van der Waals surface area contributed by atoms with Gasteiger partial charge in [0.25, 0.3) is 5.56 Å². The molecule has 2 atom stereocenters. The lowest BCUT2D eigenvalue weighted by atomic mass is 10.0. The first-order chi connectivity index (χ1) is 12.3. The Morgan fingerprint density at radius 2 is 1.93 bits per heavy atom. The topological polar surface area (TPSA) is 98.8 Å². The molecule has 27 heavy (non-hydrogen) atoms. The van der Waals surface area contributed by atoms with E-state index in [-0.39, 0.29) is 24.4 Å². The number of hydrogen-bond acceptors (Lipinski definition) is 5. The molecule has 2 aliphatic rings. The van der Waals surface area contributed by atoms with Gasteiger partial charge in [-0.05, 0) is 44.9 Å². The molecule has 0 unspecified atom stereocenters. The number of hydrogen-bond donors (Lipinski definition) is 2. The summed E-state index contributed by atoms with van der Waals surface area (Å²) >= 11 is 0. The average Bonchev–Trinajstić information content (AvgIpc) is 3.30. The normalized spacial score (nSPS) is 20.7. The molecule has 0 spiro atoms. The van der Waals surface area contributed by atoms with Crippen molar-refractivity contribution in [3.8, 4) is 0 Å². The Labute approximate surface area is 162 Å². The Balaban J connectivity index is 0.00000210. The Morgan fingerprint density at radius 3 is 2.48 bits per heavy atom. The van der Waals surface area contributed by atoms with Gasteiger partial charge in [-0.15, -0.1) is 12.4 Å². The highest BCUT2D eigenvalue weighted by atomic mass is 35.5. The van der Waals surface area contributed by atoms with E-state index in [1.807, 2.05) is 11.8 Å². The molecule has 1 saturated heterocycles. The maximum atomic E-state index is 15.0. The van der Waals surface area contributed by atoms with E-state index < -0.39 is 17.1 Å². The molecule has 3 heterocycles. The summed E-state index contributed by atoms with van der Waals surface area (Å²) in [6.07, 6.45) is 3.82. The third-order valence-electron chi connectivity index (χ3n) is 5.81. The summed E-state index contributed by atoms with van der Waals surface area (Å²) in [5, 5.41) is 0. The van der Waals surface area contributed by atoms with Crippen LogP contribution in [0.5, 0.6) is 0 Å². The molecule has 2 aromatic heterocycles. The number of fused-ring (bicyclic) bond motifs is 1. The second-order valence-corrected chi connectivity index (χ2v) is 7.67. The number of anilines is 1. The second-order valence-electron chi connectivity index (χ2n) is 7.67. The van der Waals surface area contributed by atoms with E-state index in [4.69, 9.17) is 11.6 Å². The standard InChI is InChI=1S/C18H24FN5O2.ClH/c1-9-15(22-6-5-12(7-22)10(2)20)13(19)8-23-16(9)14(11-3-4-11)17(25)24(21)18(23)26;/h8,10-12H,3-7,20-21H2,1-2H3;1H/t10-,12+;/m0./s1. The minimum absolute atomic E-state index is 0. The van der Waals surface area contributed by atoms with Crippen molar-refractivity contribution >= 4 is 23.6 Å². The largest absolute Gasteiger partial charge is 0.368 e. The lowest BCUT2D eigenvalue weighted by Gasteiger charge is -2.24. The van der Waals surface area contributed by atoms with Gasteiger partial charge in [-0.2, -0.15) is 4.68 Å². The summed E-state index contributed by atoms with van der Waals surface area (Å²) in [5.74, 6) is 5.55. The van der Waals surface area contributed by atoms with E-state index >= 15 is 0 Å². The third kappa shape index (κ3) is 3.00. The van der Waals surface area contributed by atoms with Gasteiger partial charge in [0.05, 0.1) is 17.4 Å². The van der Waals surface area contributed by atoms with Crippen molar-refractivity contribution in [3.63, 3.8) is 0 Å². The first kappa shape index (κ1) is 19.7. The Hall–Kier alpha value is -2.06. The summed E-state index contributed by atoms with van der Waals surface area (Å²) in [5.41, 5.74) is 6.91. The molecule has 1 saturated carbocycles. The van der Waals surface area contributed by atoms with Gasteiger partial charge in [0.15, 0.2) is 5.82 Å². The molecule has 2 fully saturated rings. The van der Waals surface area contributed by atoms with Crippen molar-refractivity contribution in [2.45, 2.75) is 45.1 Å². The van der Waals surface area contributed by atoms with Crippen LogP contribution in [0.3, 0.4) is 0 Å². The molecule has 0 bridgehead atoms. The van der Waals surface area contributed by atoms with E-state index in [0.29, 0.717) is 46.0 Å². The molecule has 7 nitrogen and oxygen atoms in total. The first-order valence-electron chi connectivity index (χ1n) is 9.07. The quantitative estimate of drug-likeness (QED) is 0.755. The van der Waals surface area contributed by atoms with Gasteiger partial charge in [0.2, 0.25) is 0 Å². The van der Waals surface area contributed by atoms with Crippen LogP contribution in [-0.4, -0.2) is 28.2 Å². The van der Waals surface area contributed by atoms with E-state index in [0.717, 1.165) is 25.5 Å². The Bertz CT molecular complexity index is 1010. The van der Waals surface area contributed by atoms with Crippen LogP contribution in [0.4, 0.5) is 10.1 Å². The van der Waals surface area contributed by atoms with Crippen LogP contribution in [0.25, 0.3) is 5.52 Å². The highest BCUT2D eigenvalue weighted by molar-refractivity contribution is 5.85. The van der Waals surface area contributed by atoms with Crippen LogP contribution in [-0.2, 0) is 0 Å². The van der Waals surface area contributed by atoms with Gasteiger partial charge >= 0.3 is 5.69 Å². The molecule has 9 heteroatoms. The molecule has 1 aliphatic heterocycles. The summed E-state index contributed by atoms with van der Waals surface area (Å²) in [6.45, 7) is 5.12. The zero-order valence-electron chi connectivity index (χ0n) is 15.4. The predicted octanol–water partition coefficient (Wildman–Crippen LogP) is 1.10. The first-order valence-corrected chi connectivity index (χ1v) is 9.07. The van der Waals surface area contributed by atoms with E-state index in [9.17, 15) is 14.0 Å². The number of pyridine rings is 1. The van der Waals surface area contributed by atoms with Gasteiger partial charge < -0.3 is 16.5 Å². The van der Waals surface area contributed by atoms with Crippen molar-refractivity contribution in [1.82, 2.24) is 9.08 Å². The molecule has 148 valence electrons. The summed E-state index contributed by atoms with van der Waals surface area (Å²) in [7, 11) is 0. The maximum absolute atomic E-state index is 15.0. The fraction of sp³-hybridized carbons (Fsp3) is 0.556. The van der Waals surface area contributed by atoms with E-state index in [1.165, 1.54) is 4.40 Å². The third-order valence-corrected chi connectivity index (χ3v) is 5.81. The molecule has 4 N–H and O–H groups in total. The smallest absolute Gasteiger partial charge is 0.354 e. The summed E-state index contributed by atoms with van der Waals surface area (Å²) in [4.78, 5) is 27.0. The van der Waals surface area contributed by atoms with Crippen molar-refractivity contribution in [2.75, 3.05) is 23.8 Å². The second kappa shape index (κ2) is 6.83. The molecule has 0 radical (unpaired) electrons. The van der Waals surface area contributed by atoms with Crippen LogP contribution in [0.2, 0.25) is 0 Å². The fourth-order valence-corrected chi connectivity index (χ4v) is 4.18. The van der Waals surface area contributed by atoms with Gasteiger partial charge in [-0.3, -0.25) is 9.20 Å². The predicted molar refractivity (Wildman–Crippen MR) is 106 cm³/mol. The lowest BCUT2D eigenvalue weighted by molar-refractivity contribution is 0.487. The van der Waals surface area contributed by atoms with Crippen LogP contribution in [0.15, 0.2) is 15.8 Å². The molecular weight excluding hydrogens is 373 g/mol. The van der Waals surface area contributed by atoms with Crippen LogP contribution >= 0.6 is 12.4 Å². The van der Waals surface area contributed by atoms with Crippen molar-refractivity contribution in [1.29, 1.82) is 0 Å². The van der Waals surface area contributed by atoms with Gasteiger partial charge in [0.1, 0.15) is 0 Å². The number of nitrogens with two attached hydrogens (primary N) is 2. The maximum Gasteiger partial charge on any atom is 0.354 e. The molecule has 0 amide bonds. The number of nitrogens with zero attached hydrogens (tertiary/aromatic N) is 3. The fourth-order valence-electron chi connectivity index (χ4n) is 4.18. The average molecular weight is 398 g/mol. The SMILES string of the molecule is Cc1c(N2CC[C@@H]([C@H](C)N)C2)c(F)cn2c(=O)n(N)c(=O)c(C3CC3)c12.Cl. The molecular formula is C18H25ClFN5O2. The van der Waals surface area contributed by atoms with E-state index in [2.05, 4.69) is 0 Å². The molecule has 2 aromatic rings. The number of halogens is 2. The summed E-state index contributed by atoms with van der Waals surface area (Å²) < 4.78 is 16.7.